The molecule has 0 radical (unpaired) electrons. The Morgan fingerprint density at radius 3 is 2.82 bits per heavy atom. The highest BCUT2D eigenvalue weighted by Crippen LogP contribution is 2.11. The van der Waals surface area contributed by atoms with Gasteiger partial charge in [0.1, 0.15) is 5.82 Å². The summed E-state index contributed by atoms with van der Waals surface area (Å²) < 4.78 is 13.3. The molecule has 4 heteroatoms. The quantitative estimate of drug-likeness (QED) is 0.356. The number of rotatable bonds is 1. The molecule has 2 nitrogen and oxygen atoms in total. The van der Waals surface area contributed by atoms with E-state index in [1.54, 1.807) is 6.07 Å². The molecule has 58 valence electrons. The van der Waals surface area contributed by atoms with Crippen molar-refractivity contribution in [3.8, 4) is 0 Å². The molecule has 0 amide bonds. The van der Waals surface area contributed by atoms with Gasteiger partial charge < -0.3 is 5.84 Å². The molecular formula is C7H6FIN2. The van der Waals surface area contributed by atoms with Crippen molar-refractivity contribution in [2.24, 2.45) is 10.9 Å². The number of hydrazone groups is 1. The molecule has 0 unspecified atom stereocenters. The van der Waals surface area contributed by atoms with Crippen molar-refractivity contribution in [2.75, 3.05) is 0 Å². The van der Waals surface area contributed by atoms with Crippen LogP contribution in [-0.2, 0) is 0 Å². The fourth-order valence-corrected chi connectivity index (χ4v) is 1.30. The van der Waals surface area contributed by atoms with Crippen molar-refractivity contribution in [1.82, 2.24) is 0 Å². The number of benzene rings is 1. The third-order valence-corrected chi connectivity index (χ3v) is 2.11. The van der Waals surface area contributed by atoms with Crippen molar-refractivity contribution in [2.45, 2.75) is 0 Å². The maximum absolute atomic E-state index is 12.5. The normalized spacial score (nSPS) is 10.7. The first kappa shape index (κ1) is 8.45. The van der Waals surface area contributed by atoms with Gasteiger partial charge >= 0.3 is 0 Å². The van der Waals surface area contributed by atoms with Crippen LogP contribution in [0.1, 0.15) is 5.56 Å². The Balaban J connectivity index is 3.09. The SMILES string of the molecule is NN=Cc1ccc(F)cc1I. The molecule has 0 bridgehead atoms. The lowest BCUT2D eigenvalue weighted by molar-refractivity contribution is 0.627. The zero-order valence-corrected chi connectivity index (χ0v) is 7.75. The summed E-state index contributed by atoms with van der Waals surface area (Å²) in [6.07, 6.45) is 1.49. The van der Waals surface area contributed by atoms with Gasteiger partial charge in [0.25, 0.3) is 0 Å². The minimum atomic E-state index is -0.247. The van der Waals surface area contributed by atoms with Crippen LogP contribution in [0, 0.1) is 9.39 Å². The van der Waals surface area contributed by atoms with Gasteiger partial charge in [-0.3, -0.25) is 0 Å². The van der Waals surface area contributed by atoms with E-state index in [9.17, 15) is 4.39 Å². The average Bonchev–Trinajstić information content (AvgIpc) is 1.95. The number of nitrogens with two attached hydrogens (primary N) is 1. The minimum absolute atomic E-state index is 0.247. The van der Waals surface area contributed by atoms with E-state index in [-0.39, 0.29) is 5.82 Å². The lowest BCUT2D eigenvalue weighted by Crippen LogP contribution is -1.90. The van der Waals surface area contributed by atoms with Gasteiger partial charge in [-0.15, -0.1) is 0 Å². The molecule has 0 saturated heterocycles. The van der Waals surface area contributed by atoms with Crippen LogP contribution >= 0.6 is 22.6 Å². The first-order valence-corrected chi connectivity index (χ1v) is 4.00. The van der Waals surface area contributed by atoms with Gasteiger partial charge in [-0.2, -0.15) is 5.10 Å². The van der Waals surface area contributed by atoms with Gasteiger partial charge in [-0.1, -0.05) is 0 Å². The average molecular weight is 264 g/mol. The molecule has 1 rings (SSSR count). The monoisotopic (exact) mass is 264 g/mol. The van der Waals surface area contributed by atoms with Gasteiger partial charge in [0, 0.05) is 9.13 Å². The zero-order valence-electron chi connectivity index (χ0n) is 5.59. The summed E-state index contributed by atoms with van der Waals surface area (Å²) in [6, 6.07) is 4.43. The van der Waals surface area contributed by atoms with Crippen LogP contribution in [0.5, 0.6) is 0 Å². The van der Waals surface area contributed by atoms with Crippen LogP contribution in [0.4, 0.5) is 4.39 Å². The van der Waals surface area contributed by atoms with Gasteiger partial charge in [-0.25, -0.2) is 4.39 Å². The summed E-state index contributed by atoms with van der Waals surface area (Å²) in [6.45, 7) is 0. The maximum atomic E-state index is 12.5. The molecule has 0 aliphatic rings. The highest BCUT2D eigenvalue weighted by molar-refractivity contribution is 14.1. The number of hydrogen-bond donors (Lipinski definition) is 1. The summed E-state index contributed by atoms with van der Waals surface area (Å²) in [5.74, 6) is 4.69. The second-order valence-electron chi connectivity index (χ2n) is 1.94. The van der Waals surface area contributed by atoms with Crippen molar-refractivity contribution in [3.63, 3.8) is 0 Å². The second-order valence-corrected chi connectivity index (χ2v) is 3.11. The summed E-state index contributed by atoms with van der Waals surface area (Å²) in [5.41, 5.74) is 0.828. The van der Waals surface area contributed by atoms with Gasteiger partial charge in [0.05, 0.1) is 6.21 Å². The first-order valence-electron chi connectivity index (χ1n) is 2.92. The molecule has 11 heavy (non-hydrogen) atoms. The third kappa shape index (κ3) is 2.14. The summed E-state index contributed by atoms with van der Waals surface area (Å²) in [7, 11) is 0. The standard InChI is InChI=1S/C7H6FIN2/c8-6-2-1-5(4-11-10)7(9)3-6/h1-4H,10H2. The van der Waals surface area contributed by atoms with E-state index in [1.807, 2.05) is 22.6 Å². The molecule has 0 spiro atoms. The first-order chi connectivity index (χ1) is 5.24. The van der Waals surface area contributed by atoms with Crippen molar-refractivity contribution < 1.29 is 4.39 Å². The Bertz CT molecular complexity index is 286. The summed E-state index contributed by atoms with van der Waals surface area (Å²) in [5, 5.41) is 3.34. The Hall–Kier alpha value is -0.650. The van der Waals surface area contributed by atoms with E-state index in [4.69, 9.17) is 5.84 Å². The van der Waals surface area contributed by atoms with E-state index in [0.717, 1.165) is 9.13 Å². The van der Waals surface area contributed by atoms with Crippen LogP contribution < -0.4 is 5.84 Å². The summed E-state index contributed by atoms with van der Waals surface area (Å²) in [4.78, 5) is 0. The van der Waals surface area contributed by atoms with Crippen molar-refractivity contribution in [3.05, 3.63) is 33.1 Å². The molecule has 0 heterocycles. The Morgan fingerprint density at radius 2 is 2.27 bits per heavy atom. The predicted molar refractivity (Wildman–Crippen MR) is 50.9 cm³/mol. The number of hydrogen-bond acceptors (Lipinski definition) is 2. The lowest BCUT2D eigenvalue weighted by Gasteiger charge is -1.95. The van der Waals surface area contributed by atoms with Crippen LogP contribution in [-0.4, -0.2) is 6.21 Å². The molecule has 2 N–H and O–H groups in total. The minimum Gasteiger partial charge on any atom is -0.323 e. The van der Waals surface area contributed by atoms with E-state index in [2.05, 4.69) is 5.10 Å². The molecule has 0 aliphatic heterocycles. The predicted octanol–water partition coefficient (Wildman–Crippen LogP) is 1.72. The fraction of sp³-hybridized carbons (Fsp3) is 0. The summed E-state index contributed by atoms with van der Waals surface area (Å²) >= 11 is 2.02. The van der Waals surface area contributed by atoms with Crippen LogP contribution in [0.25, 0.3) is 0 Å². The molecule has 0 atom stereocenters. The lowest BCUT2D eigenvalue weighted by atomic mass is 10.2. The smallest absolute Gasteiger partial charge is 0.124 e. The van der Waals surface area contributed by atoms with Crippen LogP contribution in [0.3, 0.4) is 0 Å². The number of halogens is 2. The Labute approximate surface area is 77.4 Å². The molecule has 0 saturated carbocycles. The molecule has 1 aromatic carbocycles. The molecule has 1 aromatic rings. The van der Waals surface area contributed by atoms with Crippen LogP contribution in [0.15, 0.2) is 23.3 Å². The van der Waals surface area contributed by atoms with E-state index < -0.39 is 0 Å². The highest BCUT2D eigenvalue weighted by atomic mass is 127. The Kier molecular flexibility index (Phi) is 2.81. The zero-order chi connectivity index (χ0) is 8.27. The number of nitrogens with zero attached hydrogens (tertiary/aromatic N) is 1. The fourth-order valence-electron chi connectivity index (χ4n) is 0.687. The van der Waals surface area contributed by atoms with Crippen molar-refractivity contribution >= 4 is 28.8 Å². The third-order valence-electron chi connectivity index (χ3n) is 1.18. The van der Waals surface area contributed by atoms with Gasteiger partial charge in [0.2, 0.25) is 0 Å². The van der Waals surface area contributed by atoms with Gasteiger partial charge in [0.15, 0.2) is 0 Å². The largest absolute Gasteiger partial charge is 0.323 e. The van der Waals surface area contributed by atoms with E-state index >= 15 is 0 Å². The maximum Gasteiger partial charge on any atom is 0.124 e. The highest BCUT2D eigenvalue weighted by Gasteiger charge is 1.97. The molecule has 0 aliphatic carbocycles. The van der Waals surface area contributed by atoms with Crippen molar-refractivity contribution in [1.29, 1.82) is 0 Å². The van der Waals surface area contributed by atoms with E-state index in [0.29, 0.717) is 0 Å². The molecule has 0 fully saturated rings. The molecule has 0 aromatic heterocycles. The topological polar surface area (TPSA) is 38.4 Å². The van der Waals surface area contributed by atoms with E-state index in [1.165, 1.54) is 18.3 Å². The molecular weight excluding hydrogens is 258 g/mol. The van der Waals surface area contributed by atoms with Gasteiger partial charge in [-0.05, 0) is 40.8 Å². The Morgan fingerprint density at radius 1 is 1.55 bits per heavy atom. The second kappa shape index (κ2) is 3.66. The van der Waals surface area contributed by atoms with Crippen LogP contribution in [0.2, 0.25) is 0 Å².